The highest BCUT2D eigenvalue weighted by Gasteiger charge is 2.18. The van der Waals surface area contributed by atoms with Crippen LogP contribution in [0.15, 0.2) is 23.1 Å². The molecule has 2 heterocycles. The molecule has 0 spiro atoms. The molecule has 14 heavy (non-hydrogen) atoms. The lowest BCUT2D eigenvalue weighted by molar-refractivity contribution is 0.591. The summed E-state index contributed by atoms with van der Waals surface area (Å²) in [4.78, 5) is 11.3. The van der Waals surface area contributed by atoms with E-state index < -0.39 is 0 Å². The fourth-order valence-electron chi connectivity index (χ4n) is 1.52. The molecular weight excluding hydrogens is 178 g/mol. The molecule has 0 radical (unpaired) electrons. The van der Waals surface area contributed by atoms with Gasteiger partial charge in [0, 0.05) is 11.8 Å². The standard InChI is InChI=1S/C10H13N3O/c1-10(2,3)7-5-4-6-13-8(7)11-12-9(13)14/h4-6H,1-3H3,(H,12,14). The lowest BCUT2D eigenvalue weighted by atomic mass is 9.88. The third-order valence-corrected chi connectivity index (χ3v) is 2.25. The molecule has 0 saturated carbocycles. The number of aromatic nitrogens is 3. The highest BCUT2D eigenvalue weighted by molar-refractivity contribution is 5.49. The van der Waals surface area contributed by atoms with Crippen LogP contribution in [0.25, 0.3) is 5.65 Å². The molecule has 0 fully saturated rings. The van der Waals surface area contributed by atoms with E-state index in [1.54, 1.807) is 6.20 Å². The third-order valence-electron chi connectivity index (χ3n) is 2.25. The van der Waals surface area contributed by atoms with Gasteiger partial charge < -0.3 is 0 Å². The molecule has 0 bridgehead atoms. The lowest BCUT2D eigenvalue weighted by Crippen LogP contribution is -2.15. The van der Waals surface area contributed by atoms with Crippen LogP contribution in [0.1, 0.15) is 26.3 Å². The molecule has 2 aromatic rings. The summed E-state index contributed by atoms with van der Waals surface area (Å²) < 4.78 is 1.53. The summed E-state index contributed by atoms with van der Waals surface area (Å²) in [6.07, 6.45) is 1.72. The van der Waals surface area contributed by atoms with E-state index in [2.05, 4.69) is 31.0 Å². The van der Waals surface area contributed by atoms with Crippen molar-refractivity contribution in [3.05, 3.63) is 34.4 Å². The van der Waals surface area contributed by atoms with Crippen LogP contribution in [0, 0.1) is 0 Å². The van der Waals surface area contributed by atoms with Crippen LogP contribution in [0.2, 0.25) is 0 Å². The highest BCUT2D eigenvalue weighted by Crippen LogP contribution is 2.24. The zero-order chi connectivity index (χ0) is 10.3. The van der Waals surface area contributed by atoms with Gasteiger partial charge in [0.1, 0.15) is 0 Å². The summed E-state index contributed by atoms with van der Waals surface area (Å²) >= 11 is 0. The molecule has 0 aliphatic rings. The Bertz CT molecular complexity index is 516. The maximum atomic E-state index is 11.3. The van der Waals surface area contributed by atoms with Crippen molar-refractivity contribution in [2.45, 2.75) is 26.2 Å². The van der Waals surface area contributed by atoms with Gasteiger partial charge in [-0.3, -0.25) is 4.40 Å². The predicted molar refractivity (Wildman–Crippen MR) is 54.5 cm³/mol. The predicted octanol–water partition coefficient (Wildman–Crippen LogP) is 1.32. The zero-order valence-corrected chi connectivity index (χ0v) is 8.53. The second-order valence-corrected chi connectivity index (χ2v) is 4.39. The summed E-state index contributed by atoms with van der Waals surface area (Å²) in [7, 11) is 0. The van der Waals surface area contributed by atoms with Crippen LogP contribution in [-0.4, -0.2) is 14.6 Å². The Kier molecular flexibility index (Phi) is 1.74. The van der Waals surface area contributed by atoms with Crippen molar-refractivity contribution in [3.63, 3.8) is 0 Å². The SMILES string of the molecule is CC(C)(C)c1cccn2c(=O)[nH]nc12. The molecule has 74 valence electrons. The first-order valence-corrected chi connectivity index (χ1v) is 4.56. The number of hydrogen-bond donors (Lipinski definition) is 1. The van der Waals surface area contributed by atoms with Gasteiger partial charge in [0.2, 0.25) is 0 Å². The Morgan fingerprint density at radius 2 is 2.14 bits per heavy atom. The molecule has 2 aromatic heterocycles. The lowest BCUT2D eigenvalue weighted by Gasteiger charge is -2.18. The van der Waals surface area contributed by atoms with Crippen molar-refractivity contribution in [1.82, 2.24) is 14.6 Å². The largest absolute Gasteiger partial charge is 0.347 e. The van der Waals surface area contributed by atoms with Crippen molar-refractivity contribution in [2.75, 3.05) is 0 Å². The molecule has 0 aromatic carbocycles. The number of pyridine rings is 1. The number of aromatic amines is 1. The fourth-order valence-corrected chi connectivity index (χ4v) is 1.52. The van der Waals surface area contributed by atoms with Crippen LogP contribution >= 0.6 is 0 Å². The minimum absolute atomic E-state index is 0.00581. The number of rotatable bonds is 0. The van der Waals surface area contributed by atoms with Crippen molar-refractivity contribution in [3.8, 4) is 0 Å². The van der Waals surface area contributed by atoms with Gasteiger partial charge in [-0.05, 0) is 11.5 Å². The average molecular weight is 191 g/mol. The number of fused-ring (bicyclic) bond motifs is 1. The molecule has 0 atom stereocenters. The quantitative estimate of drug-likeness (QED) is 0.682. The summed E-state index contributed by atoms with van der Waals surface area (Å²) in [5.41, 5.74) is 1.59. The van der Waals surface area contributed by atoms with E-state index >= 15 is 0 Å². The molecule has 2 rings (SSSR count). The molecular formula is C10H13N3O. The molecule has 4 heteroatoms. The molecule has 4 nitrogen and oxygen atoms in total. The first-order valence-electron chi connectivity index (χ1n) is 4.56. The number of nitrogens with zero attached hydrogens (tertiary/aromatic N) is 2. The van der Waals surface area contributed by atoms with E-state index in [4.69, 9.17) is 0 Å². The van der Waals surface area contributed by atoms with E-state index in [9.17, 15) is 4.79 Å². The molecule has 0 amide bonds. The van der Waals surface area contributed by atoms with Crippen molar-refractivity contribution < 1.29 is 0 Å². The van der Waals surface area contributed by atoms with E-state index in [0.717, 1.165) is 5.56 Å². The summed E-state index contributed by atoms with van der Waals surface area (Å²) in [5, 5.41) is 6.46. The van der Waals surface area contributed by atoms with Crippen LogP contribution < -0.4 is 5.69 Å². The maximum absolute atomic E-state index is 11.3. The second-order valence-electron chi connectivity index (χ2n) is 4.39. The maximum Gasteiger partial charge on any atom is 0.347 e. The zero-order valence-electron chi connectivity index (χ0n) is 8.53. The minimum atomic E-state index is -0.189. The first-order chi connectivity index (χ1) is 6.50. The van der Waals surface area contributed by atoms with E-state index in [1.807, 2.05) is 12.1 Å². The van der Waals surface area contributed by atoms with Crippen LogP contribution in [0.5, 0.6) is 0 Å². The summed E-state index contributed by atoms with van der Waals surface area (Å²) in [5.74, 6) is 0. The number of nitrogens with one attached hydrogen (secondary N) is 1. The second kappa shape index (κ2) is 2.70. The molecule has 0 aliphatic heterocycles. The van der Waals surface area contributed by atoms with E-state index in [0.29, 0.717) is 5.65 Å². The normalized spacial score (nSPS) is 12.2. The van der Waals surface area contributed by atoms with Gasteiger partial charge in [-0.1, -0.05) is 26.8 Å². The summed E-state index contributed by atoms with van der Waals surface area (Å²) in [6.45, 7) is 6.30. The Balaban J connectivity index is 2.85. The van der Waals surface area contributed by atoms with Gasteiger partial charge in [0.15, 0.2) is 5.65 Å². The van der Waals surface area contributed by atoms with Gasteiger partial charge in [-0.15, -0.1) is 0 Å². The van der Waals surface area contributed by atoms with Crippen molar-refractivity contribution in [2.24, 2.45) is 0 Å². The number of hydrogen-bond acceptors (Lipinski definition) is 2. The Morgan fingerprint density at radius 1 is 1.43 bits per heavy atom. The molecule has 0 unspecified atom stereocenters. The third kappa shape index (κ3) is 1.23. The molecule has 0 aliphatic carbocycles. The van der Waals surface area contributed by atoms with Crippen molar-refractivity contribution >= 4 is 5.65 Å². The minimum Gasteiger partial charge on any atom is -0.250 e. The van der Waals surface area contributed by atoms with E-state index in [1.165, 1.54) is 4.40 Å². The van der Waals surface area contributed by atoms with Crippen molar-refractivity contribution in [1.29, 1.82) is 0 Å². The van der Waals surface area contributed by atoms with Gasteiger partial charge in [0.25, 0.3) is 0 Å². The van der Waals surface area contributed by atoms with Gasteiger partial charge in [-0.25, -0.2) is 9.89 Å². The first kappa shape index (κ1) is 8.99. The Labute approximate surface area is 81.6 Å². The van der Waals surface area contributed by atoms with Crippen LogP contribution in [0.4, 0.5) is 0 Å². The average Bonchev–Trinajstić information content (AvgIpc) is 2.46. The van der Waals surface area contributed by atoms with Gasteiger partial charge in [0.05, 0.1) is 0 Å². The smallest absolute Gasteiger partial charge is 0.250 e. The monoisotopic (exact) mass is 191 g/mol. The van der Waals surface area contributed by atoms with Gasteiger partial charge in [-0.2, -0.15) is 5.10 Å². The Hall–Kier alpha value is -1.58. The Morgan fingerprint density at radius 3 is 2.79 bits per heavy atom. The molecule has 1 N–H and O–H groups in total. The fraction of sp³-hybridized carbons (Fsp3) is 0.400. The van der Waals surface area contributed by atoms with Crippen LogP contribution in [-0.2, 0) is 5.41 Å². The summed E-state index contributed by atoms with van der Waals surface area (Å²) in [6, 6.07) is 3.86. The number of H-pyrrole nitrogens is 1. The van der Waals surface area contributed by atoms with Gasteiger partial charge >= 0.3 is 5.69 Å². The molecule has 0 saturated heterocycles. The van der Waals surface area contributed by atoms with E-state index in [-0.39, 0.29) is 11.1 Å². The topological polar surface area (TPSA) is 50.2 Å². The highest BCUT2D eigenvalue weighted by atomic mass is 16.1. The van der Waals surface area contributed by atoms with Crippen LogP contribution in [0.3, 0.4) is 0 Å².